The van der Waals surface area contributed by atoms with Gasteiger partial charge in [0, 0.05) is 23.6 Å². The van der Waals surface area contributed by atoms with Crippen molar-refractivity contribution < 1.29 is 9.59 Å². The maximum atomic E-state index is 12.3. The van der Waals surface area contributed by atoms with Crippen LogP contribution in [0.15, 0.2) is 47.8 Å². The molecule has 2 N–H and O–H groups in total. The molecule has 0 aliphatic rings. The van der Waals surface area contributed by atoms with Crippen molar-refractivity contribution in [3.63, 3.8) is 0 Å². The van der Waals surface area contributed by atoms with Crippen molar-refractivity contribution in [2.24, 2.45) is 0 Å². The van der Waals surface area contributed by atoms with Crippen LogP contribution in [0.5, 0.6) is 0 Å². The van der Waals surface area contributed by atoms with E-state index in [4.69, 9.17) is 0 Å². The highest BCUT2D eigenvalue weighted by molar-refractivity contribution is 7.17. The van der Waals surface area contributed by atoms with Crippen LogP contribution in [0.2, 0.25) is 0 Å². The molecule has 7 heteroatoms. The van der Waals surface area contributed by atoms with E-state index in [1.807, 2.05) is 54.8 Å². The molecule has 140 valence electrons. The van der Waals surface area contributed by atoms with E-state index in [9.17, 15) is 9.59 Å². The molecule has 27 heavy (non-hydrogen) atoms. The number of benzene rings is 1. The number of hydrogen-bond donors (Lipinski definition) is 2. The minimum absolute atomic E-state index is 0.0372. The van der Waals surface area contributed by atoms with Crippen molar-refractivity contribution in [1.82, 2.24) is 10.3 Å². The predicted molar refractivity (Wildman–Crippen MR) is 111 cm³/mol. The molecule has 5 nitrogen and oxygen atoms in total. The van der Waals surface area contributed by atoms with E-state index in [0.717, 1.165) is 21.0 Å². The highest BCUT2D eigenvalue weighted by Gasteiger charge is 2.14. The molecule has 0 bridgehead atoms. The Balaban J connectivity index is 1.57. The molecule has 3 rings (SSSR count). The summed E-state index contributed by atoms with van der Waals surface area (Å²) in [6.07, 6.45) is 0.415. The number of nitrogens with one attached hydrogen (secondary N) is 2. The number of nitrogens with zero attached hydrogens (tertiary/aromatic N) is 1. The van der Waals surface area contributed by atoms with Gasteiger partial charge in [-0.25, -0.2) is 4.98 Å². The fraction of sp³-hybridized carbons (Fsp3) is 0.250. The normalized spacial score (nSPS) is 11.8. The van der Waals surface area contributed by atoms with Crippen LogP contribution in [0.1, 0.15) is 36.6 Å². The van der Waals surface area contributed by atoms with Crippen LogP contribution in [-0.2, 0) is 16.1 Å². The number of aromatic nitrogens is 1. The van der Waals surface area contributed by atoms with Crippen molar-refractivity contribution >= 4 is 39.6 Å². The van der Waals surface area contributed by atoms with Crippen LogP contribution in [-0.4, -0.2) is 16.8 Å². The summed E-state index contributed by atoms with van der Waals surface area (Å²) in [7, 11) is 0. The minimum Gasteiger partial charge on any atom is -0.351 e. The fourth-order valence-electron chi connectivity index (χ4n) is 2.61. The quantitative estimate of drug-likeness (QED) is 0.608. The predicted octanol–water partition coefficient (Wildman–Crippen LogP) is 4.64. The topological polar surface area (TPSA) is 71.1 Å². The minimum atomic E-state index is -0.0478. The molecule has 2 heterocycles. The molecule has 1 atom stereocenters. The van der Waals surface area contributed by atoms with Crippen LogP contribution < -0.4 is 10.6 Å². The summed E-state index contributed by atoms with van der Waals surface area (Å²) in [4.78, 5) is 29.9. The van der Waals surface area contributed by atoms with E-state index < -0.39 is 0 Å². The van der Waals surface area contributed by atoms with Gasteiger partial charge in [-0.2, -0.15) is 0 Å². The number of thiazole rings is 1. The van der Waals surface area contributed by atoms with Crippen LogP contribution in [0, 0.1) is 0 Å². The smallest absolute Gasteiger partial charge is 0.226 e. The first-order valence-electron chi connectivity index (χ1n) is 8.65. The van der Waals surface area contributed by atoms with Crippen molar-refractivity contribution in [2.45, 2.75) is 32.7 Å². The van der Waals surface area contributed by atoms with Gasteiger partial charge in [0.05, 0.1) is 17.1 Å². The Labute approximate surface area is 166 Å². The zero-order valence-corrected chi connectivity index (χ0v) is 16.8. The zero-order valence-electron chi connectivity index (χ0n) is 15.2. The fourth-order valence-corrected chi connectivity index (χ4v) is 4.32. The summed E-state index contributed by atoms with van der Waals surface area (Å²) >= 11 is 3.00. The molecular formula is C20H21N3O2S2. The SMILES string of the molecule is CC(=O)NCc1ccc(-c2csc(NC(=O)CC(C)c3ccccc3)n2)s1. The third-order valence-electron chi connectivity index (χ3n) is 4.04. The maximum Gasteiger partial charge on any atom is 0.226 e. The summed E-state index contributed by atoms with van der Waals surface area (Å²) in [6, 6.07) is 14.0. The van der Waals surface area contributed by atoms with Gasteiger partial charge in [-0.15, -0.1) is 22.7 Å². The van der Waals surface area contributed by atoms with Gasteiger partial charge in [0.2, 0.25) is 11.8 Å². The van der Waals surface area contributed by atoms with E-state index >= 15 is 0 Å². The molecule has 1 unspecified atom stereocenters. The van der Waals surface area contributed by atoms with Gasteiger partial charge in [0.15, 0.2) is 5.13 Å². The van der Waals surface area contributed by atoms with Gasteiger partial charge >= 0.3 is 0 Å². The van der Waals surface area contributed by atoms with Gasteiger partial charge in [0.1, 0.15) is 0 Å². The lowest BCUT2D eigenvalue weighted by atomic mass is 9.98. The first-order valence-corrected chi connectivity index (χ1v) is 10.3. The summed E-state index contributed by atoms with van der Waals surface area (Å²) in [6.45, 7) is 4.07. The third kappa shape index (κ3) is 5.48. The number of thiophene rings is 1. The molecule has 0 saturated heterocycles. The second-order valence-electron chi connectivity index (χ2n) is 6.28. The van der Waals surface area contributed by atoms with E-state index in [0.29, 0.717) is 18.1 Å². The Morgan fingerprint density at radius 2 is 1.93 bits per heavy atom. The van der Waals surface area contributed by atoms with E-state index in [1.165, 1.54) is 18.3 Å². The summed E-state index contributed by atoms with van der Waals surface area (Å²) in [5, 5.41) is 8.22. The molecule has 0 aliphatic heterocycles. The lowest BCUT2D eigenvalue weighted by Crippen LogP contribution is -2.17. The second-order valence-corrected chi connectivity index (χ2v) is 8.30. The van der Waals surface area contributed by atoms with Gasteiger partial charge in [-0.1, -0.05) is 37.3 Å². The highest BCUT2D eigenvalue weighted by atomic mass is 32.1. The highest BCUT2D eigenvalue weighted by Crippen LogP contribution is 2.31. The Morgan fingerprint density at radius 3 is 2.67 bits per heavy atom. The third-order valence-corrected chi connectivity index (χ3v) is 5.90. The molecule has 0 spiro atoms. The van der Waals surface area contributed by atoms with Crippen LogP contribution >= 0.6 is 22.7 Å². The van der Waals surface area contributed by atoms with Crippen molar-refractivity contribution in [2.75, 3.05) is 5.32 Å². The molecule has 0 aliphatic carbocycles. The van der Waals surface area contributed by atoms with Crippen molar-refractivity contribution in [1.29, 1.82) is 0 Å². The molecule has 0 saturated carbocycles. The van der Waals surface area contributed by atoms with E-state index in [1.54, 1.807) is 11.3 Å². The van der Waals surface area contributed by atoms with Crippen LogP contribution in [0.4, 0.5) is 5.13 Å². The molecule has 3 aromatic rings. The molecule has 1 aromatic carbocycles. The number of carbonyl (C=O) groups is 2. The van der Waals surface area contributed by atoms with Gasteiger partial charge in [0.25, 0.3) is 0 Å². The summed E-state index contributed by atoms with van der Waals surface area (Å²) in [5.41, 5.74) is 1.99. The zero-order chi connectivity index (χ0) is 19.2. The van der Waals surface area contributed by atoms with E-state index in [2.05, 4.69) is 15.6 Å². The molecule has 2 aromatic heterocycles. The van der Waals surface area contributed by atoms with Gasteiger partial charge < -0.3 is 10.6 Å². The summed E-state index contributed by atoms with van der Waals surface area (Å²) < 4.78 is 0. The molecule has 0 radical (unpaired) electrons. The van der Waals surface area contributed by atoms with Crippen LogP contribution in [0.3, 0.4) is 0 Å². The number of hydrogen-bond acceptors (Lipinski definition) is 5. The molecule has 2 amide bonds. The van der Waals surface area contributed by atoms with Gasteiger partial charge in [-0.05, 0) is 23.6 Å². The van der Waals surface area contributed by atoms with E-state index in [-0.39, 0.29) is 17.7 Å². The van der Waals surface area contributed by atoms with Crippen LogP contribution in [0.25, 0.3) is 10.6 Å². The van der Waals surface area contributed by atoms with Gasteiger partial charge in [-0.3, -0.25) is 9.59 Å². The standard InChI is InChI=1S/C20H21N3O2S2/c1-13(15-6-4-3-5-7-15)10-19(25)23-20-22-17(12-26-20)18-9-8-16(27-18)11-21-14(2)24/h3-9,12-13H,10-11H2,1-2H3,(H,21,24)(H,22,23,25). The first kappa shape index (κ1) is 19.3. The Hall–Kier alpha value is -2.51. The second kappa shape index (κ2) is 8.92. The lowest BCUT2D eigenvalue weighted by Gasteiger charge is -2.10. The Morgan fingerprint density at radius 1 is 1.15 bits per heavy atom. The number of anilines is 1. The van der Waals surface area contributed by atoms with Crippen molar-refractivity contribution in [3.05, 3.63) is 58.3 Å². The van der Waals surface area contributed by atoms with Crippen molar-refractivity contribution in [3.8, 4) is 10.6 Å². The lowest BCUT2D eigenvalue weighted by molar-refractivity contribution is -0.119. The number of carbonyl (C=O) groups excluding carboxylic acids is 2. The summed E-state index contributed by atoms with van der Waals surface area (Å²) in [5.74, 6) is 0.0670. The monoisotopic (exact) mass is 399 g/mol. The number of amides is 2. The largest absolute Gasteiger partial charge is 0.351 e. The molecular weight excluding hydrogens is 378 g/mol. The average Bonchev–Trinajstić information content (AvgIpc) is 3.29. The first-order chi connectivity index (χ1) is 13.0. The average molecular weight is 400 g/mol. The Bertz CT molecular complexity index is 918. The maximum absolute atomic E-state index is 12.3. The number of rotatable bonds is 7. The Kier molecular flexibility index (Phi) is 6.36. The molecule has 0 fully saturated rings.